The van der Waals surface area contributed by atoms with Gasteiger partial charge in [-0.2, -0.15) is 0 Å². The monoisotopic (exact) mass is 317 g/mol. The molecule has 0 aliphatic heterocycles. The highest BCUT2D eigenvalue weighted by Crippen LogP contribution is 2.28. The van der Waals surface area contributed by atoms with Crippen LogP contribution in [0.25, 0.3) is 0 Å². The summed E-state index contributed by atoms with van der Waals surface area (Å²) in [5, 5.41) is 12.7. The SMILES string of the molecule is OC(CNc1ccc(Br)c(F)c1)COCC1CC1. The Labute approximate surface area is 114 Å². The van der Waals surface area contributed by atoms with Crippen LogP contribution in [0.1, 0.15) is 12.8 Å². The van der Waals surface area contributed by atoms with Gasteiger partial charge in [0.15, 0.2) is 0 Å². The minimum absolute atomic E-state index is 0.320. The van der Waals surface area contributed by atoms with Gasteiger partial charge in [0.05, 0.1) is 17.2 Å². The average molecular weight is 318 g/mol. The quantitative estimate of drug-likeness (QED) is 0.812. The number of aliphatic hydroxyl groups is 1. The van der Waals surface area contributed by atoms with E-state index in [0.29, 0.717) is 29.2 Å². The second-order valence-electron chi connectivity index (χ2n) is 4.64. The van der Waals surface area contributed by atoms with Crippen molar-refractivity contribution in [3.63, 3.8) is 0 Å². The van der Waals surface area contributed by atoms with Crippen LogP contribution >= 0.6 is 15.9 Å². The number of benzene rings is 1. The first-order valence-corrected chi connectivity index (χ1v) is 6.89. The lowest BCUT2D eigenvalue weighted by atomic mass is 10.3. The molecule has 100 valence electrons. The van der Waals surface area contributed by atoms with E-state index in [1.54, 1.807) is 12.1 Å². The van der Waals surface area contributed by atoms with Crippen LogP contribution in [-0.2, 0) is 4.74 Å². The molecule has 0 saturated heterocycles. The molecular formula is C13H17BrFNO2. The highest BCUT2D eigenvalue weighted by Gasteiger charge is 2.21. The zero-order chi connectivity index (χ0) is 13.0. The highest BCUT2D eigenvalue weighted by molar-refractivity contribution is 9.10. The molecule has 5 heteroatoms. The van der Waals surface area contributed by atoms with Gasteiger partial charge in [-0.25, -0.2) is 4.39 Å². The maximum Gasteiger partial charge on any atom is 0.139 e. The number of rotatable bonds is 7. The van der Waals surface area contributed by atoms with E-state index in [9.17, 15) is 9.50 Å². The van der Waals surface area contributed by atoms with Crippen LogP contribution in [0.4, 0.5) is 10.1 Å². The molecule has 2 rings (SSSR count). The van der Waals surface area contributed by atoms with Crippen LogP contribution < -0.4 is 5.32 Å². The lowest BCUT2D eigenvalue weighted by Gasteiger charge is -2.13. The normalized spacial score (nSPS) is 16.6. The van der Waals surface area contributed by atoms with Crippen molar-refractivity contribution in [2.24, 2.45) is 5.92 Å². The summed E-state index contributed by atoms with van der Waals surface area (Å²) in [5.74, 6) is 0.380. The van der Waals surface area contributed by atoms with E-state index in [1.165, 1.54) is 18.9 Å². The number of anilines is 1. The molecule has 18 heavy (non-hydrogen) atoms. The molecule has 1 fully saturated rings. The lowest BCUT2D eigenvalue weighted by molar-refractivity contribution is 0.0386. The molecule has 0 aromatic heterocycles. The summed E-state index contributed by atoms with van der Waals surface area (Å²) in [7, 11) is 0. The molecular weight excluding hydrogens is 301 g/mol. The number of aliphatic hydroxyl groups excluding tert-OH is 1. The van der Waals surface area contributed by atoms with Gasteiger partial charge in [-0.1, -0.05) is 0 Å². The van der Waals surface area contributed by atoms with Gasteiger partial charge in [0.25, 0.3) is 0 Å². The molecule has 0 heterocycles. The minimum atomic E-state index is -0.574. The molecule has 0 radical (unpaired) electrons. The van der Waals surface area contributed by atoms with Crippen LogP contribution in [0.15, 0.2) is 22.7 Å². The topological polar surface area (TPSA) is 41.5 Å². The number of hydrogen-bond acceptors (Lipinski definition) is 3. The second-order valence-corrected chi connectivity index (χ2v) is 5.50. The van der Waals surface area contributed by atoms with Crippen LogP contribution in [0, 0.1) is 11.7 Å². The minimum Gasteiger partial charge on any atom is -0.389 e. The van der Waals surface area contributed by atoms with E-state index < -0.39 is 6.10 Å². The summed E-state index contributed by atoms with van der Waals surface area (Å²) in [6.45, 7) is 1.41. The molecule has 1 unspecified atom stereocenters. The molecule has 2 N–H and O–H groups in total. The Morgan fingerprint density at radius 3 is 2.94 bits per heavy atom. The van der Waals surface area contributed by atoms with Gasteiger partial charge in [0.1, 0.15) is 5.82 Å². The second kappa shape index (κ2) is 6.50. The summed E-state index contributed by atoms with van der Waals surface area (Å²) in [6.07, 6.45) is 1.91. The fourth-order valence-electron chi connectivity index (χ4n) is 1.56. The van der Waals surface area contributed by atoms with Crippen molar-refractivity contribution >= 4 is 21.6 Å². The predicted octanol–water partition coefficient (Wildman–Crippen LogP) is 2.79. The third kappa shape index (κ3) is 4.55. The summed E-state index contributed by atoms with van der Waals surface area (Å²) in [5.41, 5.74) is 0.650. The summed E-state index contributed by atoms with van der Waals surface area (Å²) >= 11 is 3.09. The first-order valence-electron chi connectivity index (χ1n) is 6.10. The van der Waals surface area contributed by atoms with Crippen molar-refractivity contribution in [3.8, 4) is 0 Å². The smallest absolute Gasteiger partial charge is 0.139 e. The standard InChI is InChI=1S/C13H17BrFNO2/c14-12-4-3-10(5-13(12)15)16-6-11(17)8-18-7-9-1-2-9/h3-5,9,11,16-17H,1-2,6-8H2. The van der Waals surface area contributed by atoms with Crippen molar-refractivity contribution in [1.82, 2.24) is 0 Å². The fourth-order valence-corrected chi connectivity index (χ4v) is 1.80. The zero-order valence-electron chi connectivity index (χ0n) is 10.0. The third-order valence-corrected chi connectivity index (χ3v) is 3.47. The summed E-state index contributed by atoms with van der Waals surface area (Å²) < 4.78 is 19.0. The summed E-state index contributed by atoms with van der Waals surface area (Å²) in [4.78, 5) is 0. The van der Waals surface area contributed by atoms with E-state index in [2.05, 4.69) is 21.2 Å². The molecule has 1 atom stereocenters. The lowest BCUT2D eigenvalue weighted by Crippen LogP contribution is -2.25. The number of ether oxygens (including phenoxy) is 1. The van der Waals surface area contributed by atoms with Gasteiger partial charge < -0.3 is 15.2 Å². The molecule has 3 nitrogen and oxygen atoms in total. The van der Waals surface area contributed by atoms with Gasteiger partial charge in [-0.05, 0) is 52.9 Å². The first kappa shape index (κ1) is 13.8. The van der Waals surface area contributed by atoms with Crippen LogP contribution in [0.5, 0.6) is 0 Å². The maximum absolute atomic E-state index is 13.2. The fraction of sp³-hybridized carbons (Fsp3) is 0.538. The third-order valence-electron chi connectivity index (χ3n) is 2.82. The summed E-state index contributed by atoms with van der Waals surface area (Å²) in [6, 6.07) is 4.78. The first-order chi connectivity index (χ1) is 8.65. The predicted molar refractivity (Wildman–Crippen MR) is 72.1 cm³/mol. The Balaban J connectivity index is 1.67. The average Bonchev–Trinajstić information content (AvgIpc) is 3.15. The Hall–Kier alpha value is -0.650. The maximum atomic E-state index is 13.2. The van der Waals surface area contributed by atoms with E-state index >= 15 is 0 Å². The number of nitrogens with one attached hydrogen (secondary N) is 1. The molecule has 1 aliphatic carbocycles. The Bertz CT molecular complexity index is 399. The molecule has 1 aromatic rings. The molecule has 0 bridgehead atoms. The highest BCUT2D eigenvalue weighted by atomic mass is 79.9. The molecule has 1 saturated carbocycles. The number of halogens is 2. The Morgan fingerprint density at radius 2 is 2.28 bits per heavy atom. The van der Waals surface area contributed by atoms with Crippen LogP contribution in [-0.4, -0.2) is 31.0 Å². The van der Waals surface area contributed by atoms with Crippen molar-refractivity contribution in [3.05, 3.63) is 28.5 Å². The van der Waals surface area contributed by atoms with E-state index in [4.69, 9.17) is 4.74 Å². The number of hydrogen-bond donors (Lipinski definition) is 2. The van der Waals surface area contributed by atoms with Crippen molar-refractivity contribution in [2.75, 3.05) is 25.1 Å². The molecule has 0 spiro atoms. The van der Waals surface area contributed by atoms with Gasteiger partial charge >= 0.3 is 0 Å². The molecule has 1 aliphatic rings. The largest absolute Gasteiger partial charge is 0.389 e. The van der Waals surface area contributed by atoms with Crippen molar-refractivity contribution in [1.29, 1.82) is 0 Å². The van der Waals surface area contributed by atoms with Gasteiger partial charge in [-0.3, -0.25) is 0 Å². The van der Waals surface area contributed by atoms with E-state index in [-0.39, 0.29) is 5.82 Å². The van der Waals surface area contributed by atoms with Gasteiger partial charge in [0, 0.05) is 18.8 Å². The van der Waals surface area contributed by atoms with E-state index in [0.717, 1.165) is 6.61 Å². The van der Waals surface area contributed by atoms with Crippen molar-refractivity contribution in [2.45, 2.75) is 18.9 Å². The van der Waals surface area contributed by atoms with Crippen LogP contribution in [0.2, 0.25) is 0 Å². The molecule has 0 amide bonds. The van der Waals surface area contributed by atoms with E-state index in [1.807, 2.05) is 0 Å². The molecule has 1 aromatic carbocycles. The van der Waals surface area contributed by atoms with Gasteiger partial charge in [0.2, 0.25) is 0 Å². The van der Waals surface area contributed by atoms with Crippen LogP contribution in [0.3, 0.4) is 0 Å². The Morgan fingerprint density at radius 1 is 1.50 bits per heavy atom. The van der Waals surface area contributed by atoms with Gasteiger partial charge in [-0.15, -0.1) is 0 Å². The Kier molecular flexibility index (Phi) is 4.97. The van der Waals surface area contributed by atoms with Crippen molar-refractivity contribution < 1.29 is 14.2 Å². The zero-order valence-corrected chi connectivity index (χ0v) is 11.6.